The van der Waals surface area contributed by atoms with Crippen LogP contribution in [0.3, 0.4) is 0 Å². The quantitative estimate of drug-likeness (QED) is 0.652. The Labute approximate surface area is 75.0 Å². The summed E-state index contributed by atoms with van der Waals surface area (Å²) in [6.07, 6.45) is 6.34. The zero-order valence-corrected chi connectivity index (χ0v) is 8.15. The molecule has 0 aliphatic heterocycles. The molecular formula is C10H19NO. The lowest BCUT2D eigenvalue weighted by Crippen LogP contribution is -2.41. The lowest BCUT2D eigenvalue weighted by Gasteiger charge is -2.30. The third kappa shape index (κ3) is 1.93. The SMILES string of the molecule is C=C(NC1(CC)CCCC1)OC. The van der Waals surface area contributed by atoms with Crippen LogP contribution in [-0.2, 0) is 4.74 Å². The minimum Gasteiger partial charge on any atom is -0.483 e. The summed E-state index contributed by atoms with van der Waals surface area (Å²) in [6.45, 7) is 6.02. The van der Waals surface area contributed by atoms with Crippen LogP contribution in [0.4, 0.5) is 0 Å². The van der Waals surface area contributed by atoms with Gasteiger partial charge in [0, 0.05) is 5.54 Å². The molecule has 70 valence electrons. The molecule has 0 aromatic heterocycles. The monoisotopic (exact) mass is 169 g/mol. The molecule has 2 nitrogen and oxygen atoms in total. The fourth-order valence-electron chi connectivity index (χ4n) is 1.97. The van der Waals surface area contributed by atoms with Gasteiger partial charge in [-0.15, -0.1) is 0 Å². The topological polar surface area (TPSA) is 21.3 Å². The zero-order chi connectivity index (χ0) is 9.03. The van der Waals surface area contributed by atoms with Crippen molar-refractivity contribution in [2.45, 2.75) is 44.6 Å². The van der Waals surface area contributed by atoms with E-state index in [1.165, 1.54) is 25.7 Å². The fraction of sp³-hybridized carbons (Fsp3) is 0.800. The minimum atomic E-state index is 0.285. The van der Waals surface area contributed by atoms with E-state index < -0.39 is 0 Å². The second-order valence-electron chi connectivity index (χ2n) is 3.59. The average Bonchev–Trinajstić information content (AvgIpc) is 2.54. The van der Waals surface area contributed by atoms with Gasteiger partial charge in [0.25, 0.3) is 0 Å². The highest BCUT2D eigenvalue weighted by molar-refractivity contribution is 4.98. The molecule has 0 bridgehead atoms. The lowest BCUT2D eigenvalue weighted by atomic mass is 9.94. The first-order valence-corrected chi connectivity index (χ1v) is 4.73. The van der Waals surface area contributed by atoms with E-state index in [1.54, 1.807) is 7.11 Å². The average molecular weight is 169 g/mol. The van der Waals surface area contributed by atoms with Crippen molar-refractivity contribution in [3.63, 3.8) is 0 Å². The van der Waals surface area contributed by atoms with E-state index in [-0.39, 0.29) is 5.54 Å². The van der Waals surface area contributed by atoms with E-state index in [1.807, 2.05) is 0 Å². The molecule has 0 unspecified atom stereocenters. The van der Waals surface area contributed by atoms with Crippen LogP contribution in [0.1, 0.15) is 39.0 Å². The van der Waals surface area contributed by atoms with E-state index in [0.717, 1.165) is 6.42 Å². The molecule has 2 heteroatoms. The predicted octanol–water partition coefficient (Wildman–Crippen LogP) is 2.42. The van der Waals surface area contributed by atoms with Gasteiger partial charge in [-0.1, -0.05) is 19.8 Å². The summed E-state index contributed by atoms with van der Waals surface area (Å²) >= 11 is 0. The fourth-order valence-corrected chi connectivity index (χ4v) is 1.97. The first-order valence-electron chi connectivity index (χ1n) is 4.73. The van der Waals surface area contributed by atoms with Crippen LogP contribution in [0.25, 0.3) is 0 Å². The van der Waals surface area contributed by atoms with Gasteiger partial charge in [0.2, 0.25) is 0 Å². The third-order valence-corrected chi connectivity index (χ3v) is 2.89. The maximum atomic E-state index is 5.03. The Morgan fingerprint density at radius 1 is 1.50 bits per heavy atom. The van der Waals surface area contributed by atoms with Crippen molar-refractivity contribution in [2.75, 3.05) is 7.11 Å². The number of methoxy groups -OCH3 is 1. The second-order valence-corrected chi connectivity index (χ2v) is 3.59. The van der Waals surface area contributed by atoms with Gasteiger partial charge < -0.3 is 10.1 Å². The Morgan fingerprint density at radius 2 is 2.08 bits per heavy atom. The van der Waals surface area contributed by atoms with Crippen LogP contribution in [-0.4, -0.2) is 12.6 Å². The first-order chi connectivity index (χ1) is 5.72. The highest BCUT2D eigenvalue weighted by Crippen LogP contribution is 2.32. The molecule has 1 saturated carbocycles. The Morgan fingerprint density at radius 3 is 2.50 bits per heavy atom. The zero-order valence-electron chi connectivity index (χ0n) is 8.15. The van der Waals surface area contributed by atoms with Gasteiger partial charge in [-0.2, -0.15) is 0 Å². The van der Waals surface area contributed by atoms with Crippen LogP contribution in [0.15, 0.2) is 12.5 Å². The molecule has 0 saturated heterocycles. The molecule has 1 aliphatic rings. The summed E-state index contributed by atoms with van der Waals surface area (Å²) in [5, 5.41) is 3.38. The summed E-state index contributed by atoms with van der Waals surface area (Å²) in [5.41, 5.74) is 0.285. The van der Waals surface area contributed by atoms with E-state index >= 15 is 0 Å². The molecule has 1 N–H and O–H groups in total. The molecule has 0 aromatic carbocycles. The summed E-state index contributed by atoms with van der Waals surface area (Å²) in [6, 6.07) is 0. The molecule has 0 radical (unpaired) electrons. The predicted molar refractivity (Wildman–Crippen MR) is 50.8 cm³/mol. The summed E-state index contributed by atoms with van der Waals surface area (Å²) < 4.78 is 5.03. The summed E-state index contributed by atoms with van der Waals surface area (Å²) in [5.74, 6) is 0.707. The Kier molecular flexibility index (Phi) is 3.01. The second kappa shape index (κ2) is 3.83. The molecule has 0 aromatic rings. The van der Waals surface area contributed by atoms with E-state index in [2.05, 4.69) is 18.8 Å². The number of hydrogen-bond donors (Lipinski definition) is 1. The Bertz CT molecular complexity index is 159. The summed E-state index contributed by atoms with van der Waals surface area (Å²) in [7, 11) is 1.66. The lowest BCUT2D eigenvalue weighted by molar-refractivity contribution is 0.212. The van der Waals surface area contributed by atoms with Gasteiger partial charge >= 0.3 is 0 Å². The highest BCUT2D eigenvalue weighted by atomic mass is 16.5. The standard InChI is InChI=1S/C10H19NO/c1-4-10(7-5-6-8-10)11-9(2)12-3/h11H,2,4-8H2,1,3H3. The van der Waals surface area contributed by atoms with Gasteiger partial charge in [0.1, 0.15) is 0 Å². The highest BCUT2D eigenvalue weighted by Gasteiger charge is 2.31. The van der Waals surface area contributed by atoms with E-state index in [0.29, 0.717) is 5.88 Å². The number of hydrogen-bond acceptors (Lipinski definition) is 2. The van der Waals surface area contributed by atoms with Crippen molar-refractivity contribution < 1.29 is 4.74 Å². The van der Waals surface area contributed by atoms with Gasteiger partial charge in [-0.25, -0.2) is 0 Å². The maximum absolute atomic E-state index is 5.03. The molecule has 0 amide bonds. The Balaban J connectivity index is 2.49. The van der Waals surface area contributed by atoms with Crippen molar-refractivity contribution in [2.24, 2.45) is 0 Å². The molecule has 12 heavy (non-hydrogen) atoms. The van der Waals surface area contributed by atoms with Crippen molar-refractivity contribution in [1.82, 2.24) is 5.32 Å². The van der Waals surface area contributed by atoms with Gasteiger partial charge in [-0.3, -0.25) is 0 Å². The van der Waals surface area contributed by atoms with Crippen molar-refractivity contribution >= 4 is 0 Å². The largest absolute Gasteiger partial charge is 0.483 e. The number of ether oxygens (including phenoxy) is 1. The van der Waals surface area contributed by atoms with E-state index in [4.69, 9.17) is 4.74 Å². The van der Waals surface area contributed by atoms with Crippen molar-refractivity contribution in [1.29, 1.82) is 0 Å². The van der Waals surface area contributed by atoms with Gasteiger partial charge in [0.15, 0.2) is 5.88 Å². The summed E-state index contributed by atoms with van der Waals surface area (Å²) in [4.78, 5) is 0. The van der Waals surface area contributed by atoms with E-state index in [9.17, 15) is 0 Å². The molecular weight excluding hydrogens is 150 g/mol. The molecule has 1 rings (SSSR count). The number of rotatable bonds is 4. The maximum Gasteiger partial charge on any atom is 0.179 e. The van der Waals surface area contributed by atoms with Gasteiger partial charge in [0.05, 0.1) is 7.11 Å². The number of nitrogens with one attached hydrogen (secondary N) is 1. The van der Waals surface area contributed by atoms with Crippen LogP contribution in [0, 0.1) is 0 Å². The van der Waals surface area contributed by atoms with Crippen molar-refractivity contribution in [3.8, 4) is 0 Å². The Hall–Kier alpha value is -0.660. The smallest absolute Gasteiger partial charge is 0.179 e. The van der Waals surface area contributed by atoms with Crippen LogP contribution in [0.2, 0.25) is 0 Å². The third-order valence-electron chi connectivity index (χ3n) is 2.89. The van der Waals surface area contributed by atoms with Crippen molar-refractivity contribution in [3.05, 3.63) is 12.5 Å². The molecule has 1 fully saturated rings. The molecule has 0 atom stereocenters. The van der Waals surface area contributed by atoms with Crippen LogP contribution >= 0.6 is 0 Å². The van der Waals surface area contributed by atoms with Crippen LogP contribution in [0.5, 0.6) is 0 Å². The first kappa shape index (κ1) is 9.43. The van der Waals surface area contributed by atoms with Crippen LogP contribution < -0.4 is 5.32 Å². The molecule has 1 aliphatic carbocycles. The normalized spacial score (nSPS) is 20.5. The molecule has 0 heterocycles. The molecule has 0 spiro atoms. The van der Waals surface area contributed by atoms with Gasteiger partial charge in [-0.05, 0) is 25.8 Å². The minimum absolute atomic E-state index is 0.285.